The van der Waals surface area contributed by atoms with Crippen LogP contribution in [0.2, 0.25) is 5.02 Å². The van der Waals surface area contributed by atoms with E-state index in [1.165, 1.54) is 18.2 Å². The molecular weight excluding hydrogens is 334 g/mol. The Hall–Kier alpha value is -2.93. The highest BCUT2D eigenvalue weighted by atomic mass is 35.5. The Bertz CT molecular complexity index is 790. The summed E-state index contributed by atoms with van der Waals surface area (Å²) < 4.78 is 0. The molecule has 124 valence electrons. The minimum Gasteiger partial charge on any atom is -0.343 e. The number of nitro groups is 1. The standard InChI is InChI=1S/C16H14ClN3O4/c1-10-8-11(2-7-14(10)20(23)24)16(22)18-9-15(21)19-13-5-3-12(17)4-6-13/h2-8H,9H2,1H3,(H,18,22)(H,19,21). The molecule has 0 bridgehead atoms. The summed E-state index contributed by atoms with van der Waals surface area (Å²) in [6, 6.07) is 10.6. The molecule has 24 heavy (non-hydrogen) atoms. The van der Waals surface area contributed by atoms with Crippen molar-refractivity contribution in [2.24, 2.45) is 0 Å². The molecule has 0 atom stereocenters. The van der Waals surface area contributed by atoms with E-state index in [0.29, 0.717) is 16.3 Å². The highest BCUT2D eigenvalue weighted by molar-refractivity contribution is 6.30. The van der Waals surface area contributed by atoms with Crippen LogP contribution in [0.3, 0.4) is 0 Å². The Morgan fingerprint density at radius 2 is 1.83 bits per heavy atom. The van der Waals surface area contributed by atoms with Crippen LogP contribution in [0.25, 0.3) is 0 Å². The van der Waals surface area contributed by atoms with Crippen LogP contribution < -0.4 is 10.6 Å². The molecule has 0 aliphatic carbocycles. The minimum absolute atomic E-state index is 0.0629. The van der Waals surface area contributed by atoms with Crippen molar-refractivity contribution in [3.05, 3.63) is 68.7 Å². The lowest BCUT2D eigenvalue weighted by Crippen LogP contribution is -2.32. The van der Waals surface area contributed by atoms with Crippen LogP contribution in [0.1, 0.15) is 15.9 Å². The lowest BCUT2D eigenvalue weighted by atomic mass is 10.1. The van der Waals surface area contributed by atoms with E-state index < -0.39 is 16.7 Å². The fourth-order valence-corrected chi connectivity index (χ4v) is 2.13. The zero-order valence-corrected chi connectivity index (χ0v) is 13.5. The van der Waals surface area contributed by atoms with E-state index >= 15 is 0 Å². The summed E-state index contributed by atoms with van der Waals surface area (Å²) in [4.78, 5) is 34.0. The Balaban J connectivity index is 1.92. The molecule has 0 aromatic heterocycles. The summed E-state index contributed by atoms with van der Waals surface area (Å²) in [6.45, 7) is 1.32. The first kappa shape index (κ1) is 17.4. The van der Waals surface area contributed by atoms with Crippen LogP contribution in [0.5, 0.6) is 0 Å². The number of carbonyl (C=O) groups excluding carboxylic acids is 2. The van der Waals surface area contributed by atoms with Crippen LogP contribution in [-0.4, -0.2) is 23.3 Å². The van der Waals surface area contributed by atoms with Gasteiger partial charge in [0.1, 0.15) is 0 Å². The second kappa shape index (κ2) is 7.56. The smallest absolute Gasteiger partial charge is 0.272 e. The number of carbonyl (C=O) groups is 2. The quantitative estimate of drug-likeness (QED) is 0.641. The third-order valence-electron chi connectivity index (χ3n) is 3.19. The Morgan fingerprint density at radius 1 is 1.17 bits per heavy atom. The lowest BCUT2D eigenvalue weighted by molar-refractivity contribution is -0.385. The first-order valence-electron chi connectivity index (χ1n) is 6.95. The molecule has 2 amide bonds. The first-order valence-corrected chi connectivity index (χ1v) is 7.33. The monoisotopic (exact) mass is 347 g/mol. The van der Waals surface area contributed by atoms with Gasteiger partial charge in [0.05, 0.1) is 11.5 Å². The third kappa shape index (κ3) is 4.53. The first-order chi connectivity index (χ1) is 11.4. The van der Waals surface area contributed by atoms with Gasteiger partial charge in [-0.05, 0) is 43.3 Å². The lowest BCUT2D eigenvalue weighted by Gasteiger charge is -2.07. The molecule has 2 aromatic rings. The molecule has 0 saturated heterocycles. The van der Waals surface area contributed by atoms with Gasteiger partial charge in [-0.2, -0.15) is 0 Å². The van der Waals surface area contributed by atoms with Gasteiger partial charge >= 0.3 is 0 Å². The van der Waals surface area contributed by atoms with Crippen LogP contribution in [0, 0.1) is 17.0 Å². The van der Waals surface area contributed by atoms with E-state index in [1.807, 2.05) is 0 Å². The average Bonchev–Trinajstić information content (AvgIpc) is 2.54. The normalized spacial score (nSPS) is 10.1. The van der Waals surface area contributed by atoms with Crippen molar-refractivity contribution in [1.29, 1.82) is 0 Å². The number of nitrogens with one attached hydrogen (secondary N) is 2. The molecule has 0 aliphatic rings. The second-order valence-corrected chi connectivity index (χ2v) is 5.43. The number of hydrogen-bond donors (Lipinski definition) is 2. The fourth-order valence-electron chi connectivity index (χ4n) is 2.00. The van der Waals surface area contributed by atoms with E-state index in [0.717, 1.165) is 0 Å². The Morgan fingerprint density at radius 3 is 2.42 bits per heavy atom. The summed E-state index contributed by atoms with van der Waals surface area (Å²) in [5, 5.41) is 16.4. The molecular formula is C16H14ClN3O4. The molecule has 2 N–H and O–H groups in total. The van der Waals surface area contributed by atoms with Crippen LogP contribution in [-0.2, 0) is 4.79 Å². The largest absolute Gasteiger partial charge is 0.343 e. The molecule has 2 rings (SSSR count). The van der Waals surface area contributed by atoms with Gasteiger partial charge < -0.3 is 10.6 Å². The second-order valence-electron chi connectivity index (χ2n) is 5.00. The van der Waals surface area contributed by atoms with Crippen molar-refractivity contribution in [3.63, 3.8) is 0 Å². The minimum atomic E-state index is -0.517. The summed E-state index contributed by atoms with van der Waals surface area (Å²) in [7, 11) is 0. The van der Waals surface area contributed by atoms with Gasteiger partial charge in [0.25, 0.3) is 11.6 Å². The van der Waals surface area contributed by atoms with E-state index in [9.17, 15) is 19.7 Å². The SMILES string of the molecule is Cc1cc(C(=O)NCC(=O)Nc2ccc(Cl)cc2)ccc1[N+](=O)[O-]. The van der Waals surface area contributed by atoms with Crippen LogP contribution in [0.4, 0.5) is 11.4 Å². The van der Waals surface area contributed by atoms with Crippen molar-refractivity contribution in [3.8, 4) is 0 Å². The molecule has 0 saturated carbocycles. The maximum atomic E-state index is 12.0. The van der Waals surface area contributed by atoms with Gasteiger partial charge in [-0.1, -0.05) is 11.6 Å². The number of aryl methyl sites for hydroxylation is 1. The van der Waals surface area contributed by atoms with Crippen molar-refractivity contribution in [2.45, 2.75) is 6.92 Å². The topological polar surface area (TPSA) is 101 Å². The molecule has 7 nitrogen and oxygen atoms in total. The molecule has 8 heteroatoms. The van der Waals surface area contributed by atoms with E-state index in [-0.39, 0.29) is 17.8 Å². The van der Waals surface area contributed by atoms with Gasteiger partial charge in [0.15, 0.2) is 0 Å². The maximum absolute atomic E-state index is 12.0. The molecule has 0 radical (unpaired) electrons. The number of benzene rings is 2. The van der Waals surface area contributed by atoms with Gasteiger partial charge in [-0.3, -0.25) is 19.7 Å². The van der Waals surface area contributed by atoms with Crippen molar-refractivity contribution >= 4 is 34.8 Å². The number of amides is 2. The molecule has 2 aromatic carbocycles. The Kier molecular flexibility index (Phi) is 5.49. The molecule has 0 fully saturated rings. The van der Waals surface area contributed by atoms with Crippen LogP contribution >= 0.6 is 11.6 Å². The molecule has 0 spiro atoms. The predicted molar refractivity (Wildman–Crippen MR) is 90.2 cm³/mol. The third-order valence-corrected chi connectivity index (χ3v) is 3.45. The number of hydrogen-bond acceptors (Lipinski definition) is 4. The van der Waals surface area contributed by atoms with Gasteiger partial charge in [0.2, 0.25) is 5.91 Å². The molecule has 0 heterocycles. The van der Waals surface area contributed by atoms with E-state index in [1.54, 1.807) is 31.2 Å². The zero-order chi connectivity index (χ0) is 17.7. The van der Waals surface area contributed by atoms with E-state index in [2.05, 4.69) is 10.6 Å². The maximum Gasteiger partial charge on any atom is 0.272 e. The Labute approximate surface area is 142 Å². The fraction of sp³-hybridized carbons (Fsp3) is 0.125. The predicted octanol–water partition coefficient (Wildman–Crippen LogP) is 2.93. The number of nitro benzene ring substituents is 1. The average molecular weight is 348 g/mol. The van der Waals surface area contributed by atoms with Crippen molar-refractivity contribution in [1.82, 2.24) is 5.32 Å². The number of halogens is 1. The van der Waals surface area contributed by atoms with Gasteiger partial charge in [-0.25, -0.2) is 0 Å². The number of anilines is 1. The number of nitrogens with zero attached hydrogens (tertiary/aromatic N) is 1. The molecule has 0 aliphatic heterocycles. The zero-order valence-electron chi connectivity index (χ0n) is 12.7. The highest BCUT2D eigenvalue weighted by Gasteiger charge is 2.14. The molecule has 0 unspecified atom stereocenters. The van der Waals surface area contributed by atoms with E-state index in [4.69, 9.17) is 11.6 Å². The van der Waals surface area contributed by atoms with Crippen molar-refractivity contribution in [2.75, 3.05) is 11.9 Å². The van der Waals surface area contributed by atoms with Crippen LogP contribution in [0.15, 0.2) is 42.5 Å². The summed E-state index contributed by atoms with van der Waals surface area (Å²) in [5.74, 6) is -0.886. The summed E-state index contributed by atoms with van der Waals surface area (Å²) in [6.07, 6.45) is 0. The van der Waals surface area contributed by atoms with Gasteiger partial charge in [-0.15, -0.1) is 0 Å². The van der Waals surface area contributed by atoms with Gasteiger partial charge in [0, 0.05) is 27.9 Å². The van der Waals surface area contributed by atoms with Crippen molar-refractivity contribution < 1.29 is 14.5 Å². The highest BCUT2D eigenvalue weighted by Crippen LogP contribution is 2.18. The summed E-state index contributed by atoms with van der Waals surface area (Å²) in [5.41, 5.74) is 1.12. The summed E-state index contributed by atoms with van der Waals surface area (Å²) >= 11 is 5.75. The number of rotatable bonds is 5.